The molecule has 0 saturated heterocycles. The van der Waals surface area contributed by atoms with Gasteiger partial charge in [0.15, 0.2) is 5.13 Å². The summed E-state index contributed by atoms with van der Waals surface area (Å²) >= 11 is 7.50. The Kier molecular flexibility index (Phi) is 5.91. The third-order valence-electron chi connectivity index (χ3n) is 4.05. The number of halogens is 1. The molecular weight excluding hydrogens is 366 g/mol. The van der Waals surface area contributed by atoms with Crippen molar-refractivity contribution < 1.29 is 4.79 Å². The molecule has 26 heavy (non-hydrogen) atoms. The fourth-order valence-corrected chi connectivity index (χ4v) is 3.69. The summed E-state index contributed by atoms with van der Waals surface area (Å²) in [6, 6.07) is 14.6. The molecule has 6 heteroatoms. The number of nitrogens with zero attached hydrogens (tertiary/aromatic N) is 2. The molecule has 3 rings (SSSR count). The minimum absolute atomic E-state index is 0.166. The Labute approximate surface area is 162 Å². The van der Waals surface area contributed by atoms with E-state index >= 15 is 0 Å². The molecule has 3 aromatic rings. The van der Waals surface area contributed by atoms with E-state index in [0.717, 1.165) is 35.2 Å². The first-order chi connectivity index (χ1) is 12.6. The van der Waals surface area contributed by atoms with Gasteiger partial charge in [-0.2, -0.15) is 0 Å². The van der Waals surface area contributed by atoms with Crippen molar-refractivity contribution in [2.24, 2.45) is 0 Å². The topological polar surface area (TPSA) is 45.2 Å². The zero-order chi connectivity index (χ0) is 18.5. The fraction of sp³-hybridized carbons (Fsp3) is 0.200. The van der Waals surface area contributed by atoms with Crippen LogP contribution in [0.1, 0.15) is 24.2 Å². The van der Waals surface area contributed by atoms with Gasteiger partial charge < -0.3 is 10.2 Å². The molecule has 0 aliphatic heterocycles. The van der Waals surface area contributed by atoms with Gasteiger partial charge in [-0.1, -0.05) is 23.7 Å². The van der Waals surface area contributed by atoms with Crippen LogP contribution in [0.2, 0.25) is 5.02 Å². The van der Waals surface area contributed by atoms with Crippen LogP contribution in [0.5, 0.6) is 0 Å². The highest BCUT2D eigenvalue weighted by molar-refractivity contribution is 7.14. The standard InChI is InChI=1S/C20H20ClN3OS/c1-3-24(4-2)20-23-18(13-26-20)15-6-5-7-17(12-15)22-19(25)14-8-10-16(21)11-9-14/h5-13H,3-4H2,1-2H3,(H,22,25). The van der Waals surface area contributed by atoms with E-state index in [9.17, 15) is 4.79 Å². The molecule has 1 aromatic heterocycles. The average molecular weight is 386 g/mol. The molecule has 0 unspecified atom stereocenters. The third kappa shape index (κ3) is 4.23. The van der Waals surface area contributed by atoms with Gasteiger partial charge in [0.05, 0.1) is 5.69 Å². The van der Waals surface area contributed by atoms with E-state index in [-0.39, 0.29) is 5.91 Å². The second-order valence-corrected chi connectivity index (χ2v) is 7.00. The van der Waals surface area contributed by atoms with Crippen molar-refractivity contribution in [1.29, 1.82) is 0 Å². The maximum Gasteiger partial charge on any atom is 0.255 e. The number of hydrogen-bond donors (Lipinski definition) is 1. The highest BCUT2D eigenvalue weighted by atomic mass is 35.5. The van der Waals surface area contributed by atoms with Crippen LogP contribution in [0.4, 0.5) is 10.8 Å². The van der Waals surface area contributed by atoms with Gasteiger partial charge in [0, 0.05) is 40.3 Å². The predicted molar refractivity (Wildman–Crippen MR) is 111 cm³/mol. The summed E-state index contributed by atoms with van der Waals surface area (Å²) in [5.41, 5.74) is 3.20. The lowest BCUT2D eigenvalue weighted by molar-refractivity contribution is 0.102. The van der Waals surface area contributed by atoms with E-state index in [1.807, 2.05) is 29.6 Å². The van der Waals surface area contributed by atoms with Gasteiger partial charge in [-0.15, -0.1) is 11.3 Å². The molecule has 1 amide bonds. The number of nitrogens with one attached hydrogen (secondary N) is 1. The lowest BCUT2D eigenvalue weighted by Gasteiger charge is -2.16. The third-order valence-corrected chi connectivity index (χ3v) is 5.20. The van der Waals surface area contributed by atoms with Crippen LogP contribution in [0.25, 0.3) is 11.3 Å². The van der Waals surface area contributed by atoms with Crippen molar-refractivity contribution in [1.82, 2.24) is 4.98 Å². The molecule has 0 aliphatic rings. The second kappa shape index (κ2) is 8.34. The lowest BCUT2D eigenvalue weighted by atomic mass is 10.1. The summed E-state index contributed by atoms with van der Waals surface area (Å²) in [6.45, 7) is 6.11. The highest BCUT2D eigenvalue weighted by Gasteiger charge is 2.11. The van der Waals surface area contributed by atoms with Gasteiger partial charge in [0.2, 0.25) is 0 Å². The van der Waals surface area contributed by atoms with Crippen molar-refractivity contribution in [3.8, 4) is 11.3 Å². The number of carbonyl (C=O) groups excluding carboxylic acids is 1. The number of amides is 1. The van der Waals surface area contributed by atoms with Crippen LogP contribution < -0.4 is 10.2 Å². The number of anilines is 2. The number of carbonyl (C=O) groups is 1. The van der Waals surface area contributed by atoms with E-state index in [2.05, 4.69) is 24.1 Å². The van der Waals surface area contributed by atoms with Gasteiger partial charge in [0.1, 0.15) is 0 Å². The first-order valence-corrected chi connectivity index (χ1v) is 9.74. The van der Waals surface area contributed by atoms with Crippen LogP contribution in [-0.4, -0.2) is 24.0 Å². The van der Waals surface area contributed by atoms with Crippen LogP contribution >= 0.6 is 22.9 Å². The molecule has 4 nitrogen and oxygen atoms in total. The molecule has 0 saturated carbocycles. The van der Waals surface area contributed by atoms with Crippen LogP contribution in [-0.2, 0) is 0 Å². The van der Waals surface area contributed by atoms with Crippen molar-refractivity contribution in [2.45, 2.75) is 13.8 Å². The monoisotopic (exact) mass is 385 g/mol. The van der Waals surface area contributed by atoms with Gasteiger partial charge in [0.25, 0.3) is 5.91 Å². The fourth-order valence-electron chi connectivity index (χ4n) is 2.60. The first-order valence-electron chi connectivity index (χ1n) is 8.48. The maximum atomic E-state index is 12.4. The van der Waals surface area contributed by atoms with E-state index in [4.69, 9.17) is 16.6 Å². The number of benzene rings is 2. The number of aromatic nitrogens is 1. The Morgan fingerprint density at radius 2 is 1.88 bits per heavy atom. The van der Waals surface area contributed by atoms with Crippen molar-refractivity contribution >= 4 is 39.7 Å². The SMILES string of the molecule is CCN(CC)c1nc(-c2cccc(NC(=O)c3ccc(Cl)cc3)c2)cs1. The number of hydrogen-bond acceptors (Lipinski definition) is 4. The van der Waals surface area contributed by atoms with Crippen LogP contribution in [0, 0.1) is 0 Å². The van der Waals surface area contributed by atoms with E-state index in [1.165, 1.54) is 0 Å². The van der Waals surface area contributed by atoms with Crippen LogP contribution in [0.15, 0.2) is 53.9 Å². The molecule has 0 fully saturated rings. The Balaban J connectivity index is 1.78. The molecule has 1 heterocycles. The quantitative estimate of drug-likeness (QED) is 0.604. The van der Waals surface area contributed by atoms with Crippen molar-refractivity contribution in [3.63, 3.8) is 0 Å². The molecule has 0 aliphatic carbocycles. The average Bonchev–Trinajstić information content (AvgIpc) is 3.13. The zero-order valence-electron chi connectivity index (χ0n) is 14.7. The summed E-state index contributed by atoms with van der Waals surface area (Å²) in [6.07, 6.45) is 0. The summed E-state index contributed by atoms with van der Waals surface area (Å²) in [5, 5.41) is 6.59. The van der Waals surface area contributed by atoms with E-state index in [1.54, 1.807) is 35.6 Å². The molecule has 0 bridgehead atoms. The van der Waals surface area contributed by atoms with E-state index in [0.29, 0.717) is 10.6 Å². The van der Waals surface area contributed by atoms with Gasteiger partial charge in [-0.05, 0) is 50.2 Å². The highest BCUT2D eigenvalue weighted by Crippen LogP contribution is 2.29. The largest absolute Gasteiger partial charge is 0.349 e. The molecule has 0 atom stereocenters. The Morgan fingerprint density at radius 3 is 2.58 bits per heavy atom. The van der Waals surface area contributed by atoms with Gasteiger partial charge >= 0.3 is 0 Å². The molecule has 0 spiro atoms. The smallest absolute Gasteiger partial charge is 0.255 e. The van der Waals surface area contributed by atoms with Crippen molar-refractivity contribution in [2.75, 3.05) is 23.3 Å². The predicted octanol–water partition coefficient (Wildman–Crippen LogP) is 5.56. The lowest BCUT2D eigenvalue weighted by Crippen LogP contribution is -2.21. The molecule has 2 aromatic carbocycles. The summed E-state index contributed by atoms with van der Waals surface area (Å²) < 4.78 is 0. The Morgan fingerprint density at radius 1 is 1.15 bits per heavy atom. The summed E-state index contributed by atoms with van der Waals surface area (Å²) in [4.78, 5) is 19.3. The number of rotatable bonds is 6. The first kappa shape index (κ1) is 18.4. The second-order valence-electron chi connectivity index (χ2n) is 5.73. The maximum absolute atomic E-state index is 12.4. The van der Waals surface area contributed by atoms with Crippen LogP contribution in [0.3, 0.4) is 0 Å². The molecule has 134 valence electrons. The number of thiazole rings is 1. The Bertz CT molecular complexity index is 888. The normalized spacial score (nSPS) is 10.6. The Hall–Kier alpha value is -2.37. The van der Waals surface area contributed by atoms with Gasteiger partial charge in [-0.25, -0.2) is 4.98 Å². The summed E-state index contributed by atoms with van der Waals surface area (Å²) in [5.74, 6) is -0.166. The molecule has 1 N–H and O–H groups in total. The zero-order valence-corrected chi connectivity index (χ0v) is 16.3. The van der Waals surface area contributed by atoms with E-state index < -0.39 is 0 Å². The summed E-state index contributed by atoms with van der Waals surface area (Å²) in [7, 11) is 0. The van der Waals surface area contributed by atoms with Gasteiger partial charge in [-0.3, -0.25) is 4.79 Å². The molecular formula is C20H20ClN3OS. The van der Waals surface area contributed by atoms with Crippen molar-refractivity contribution in [3.05, 3.63) is 64.5 Å². The minimum Gasteiger partial charge on any atom is -0.349 e. The molecule has 0 radical (unpaired) electrons. The minimum atomic E-state index is -0.166.